The molecule has 1 amide bonds. The van der Waals surface area contributed by atoms with Gasteiger partial charge in [-0.25, -0.2) is 4.39 Å². The Kier molecular flexibility index (Phi) is 5.61. The second-order valence-corrected chi connectivity index (χ2v) is 5.99. The number of amides is 1. The van der Waals surface area contributed by atoms with E-state index in [1.165, 1.54) is 31.0 Å². The summed E-state index contributed by atoms with van der Waals surface area (Å²) in [6.45, 7) is 1.10. The van der Waals surface area contributed by atoms with E-state index >= 15 is 0 Å². The average Bonchev–Trinajstić information content (AvgIpc) is 2.53. The summed E-state index contributed by atoms with van der Waals surface area (Å²) >= 11 is 1.37. The molecule has 0 saturated carbocycles. The number of piperidine rings is 1. The number of hydrogen-bond donors (Lipinski definition) is 0. The fourth-order valence-corrected chi connectivity index (χ4v) is 3.13. The minimum Gasteiger partial charge on any atom is -0.469 e. The number of methoxy groups -OCH3 is 1. The molecular formula is C15H18FNO3S. The number of esters is 1. The first kappa shape index (κ1) is 15.8. The molecule has 2 rings (SSSR count). The fraction of sp³-hybridized carbons (Fsp3) is 0.467. The molecule has 0 N–H and O–H groups in total. The number of hydrogen-bond acceptors (Lipinski definition) is 4. The van der Waals surface area contributed by atoms with E-state index in [0.29, 0.717) is 18.8 Å². The largest absolute Gasteiger partial charge is 0.469 e. The van der Waals surface area contributed by atoms with Crippen LogP contribution in [0.15, 0.2) is 29.2 Å². The highest BCUT2D eigenvalue weighted by molar-refractivity contribution is 8.00. The summed E-state index contributed by atoms with van der Waals surface area (Å²) < 4.78 is 17.5. The van der Waals surface area contributed by atoms with E-state index in [9.17, 15) is 14.0 Å². The number of nitrogens with zero attached hydrogens (tertiary/aromatic N) is 1. The summed E-state index contributed by atoms with van der Waals surface area (Å²) in [6, 6.07) is 6.06. The zero-order valence-electron chi connectivity index (χ0n) is 11.9. The minimum atomic E-state index is -0.289. The number of thioether (sulfide) groups is 1. The van der Waals surface area contributed by atoms with E-state index < -0.39 is 0 Å². The van der Waals surface area contributed by atoms with Gasteiger partial charge < -0.3 is 9.64 Å². The van der Waals surface area contributed by atoms with Crippen LogP contribution in [0, 0.1) is 11.7 Å². The molecule has 21 heavy (non-hydrogen) atoms. The number of benzene rings is 1. The maximum absolute atomic E-state index is 12.8. The molecule has 1 saturated heterocycles. The van der Waals surface area contributed by atoms with E-state index in [2.05, 4.69) is 0 Å². The van der Waals surface area contributed by atoms with Crippen LogP contribution in [0.1, 0.15) is 12.8 Å². The Labute approximate surface area is 127 Å². The smallest absolute Gasteiger partial charge is 0.310 e. The predicted octanol–water partition coefficient (Wildman–Crippen LogP) is 2.33. The third kappa shape index (κ3) is 4.46. The Bertz CT molecular complexity index is 506. The van der Waals surface area contributed by atoms with Crippen LogP contribution in [0.5, 0.6) is 0 Å². The van der Waals surface area contributed by atoms with Crippen molar-refractivity contribution in [2.45, 2.75) is 17.7 Å². The van der Waals surface area contributed by atoms with Gasteiger partial charge >= 0.3 is 5.97 Å². The van der Waals surface area contributed by atoms with Crippen LogP contribution in [0.4, 0.5) is 4.39 Å². The van der Waals surface area contributed by atoms with Crippen LogP contribution >= 0.6 is 11.8 Å². The van der Waals surface area contributed by atoms with E-state index in [0.717, 1.165) is 17.7 Å². The zero-order chi connectivity index (χ0) is 15.2. The molecule has 1 aromatic rings. The standard InChI is InChI=1S/C15H18FNO3S/c1-20-15(19)11-3-2-8-17(9-11)14(18)10-21-13-6-4-12(16)5-7-13/h4-7,11H,2-3,8-10H2,1H3. The molecule has 1 heterocycles. The van der Waals surface area contributed by atoms with Crippen molar-refractivity contribution < 1.29 is 18.7 Å². The van der Waals surface area contributed by atoms with Crippen molar-refractivity contribution in [1.82, 2.24) is 4.90 Å². The number of carbonyl (C=O) groups is 2. The van der Waals surface area contributed by atoms with Crippen LogP contribution < -0.4 is 0 Å². The van der Waals surface area contributed by atoms with Crippen molar-refractivity contribution in [2.24, 2.45) is 5.92 Å². The Morgan fingerprint density at radius 2 is 2.10 bits per heavy atom. The highest BCUT2D eigenvalue weighted by Crippen LogP contribution is 2.22. The van der Waals surface area contributed by atoms with Crippen molar-refractivity contribution in [1.29, 1.82) is 0 Å². The Hall–Kier alpha value is -1.56. The van der Waals surface area contributed by atoms with Gasteiger partial charge in [0.15, 0.2) is 0 Å². The maximum Gasteiger partial charge on any atom is 0.310 e. The van der Waals surface area contributed by atoms with E-state index in [1.54, 1.807) is 17.0 Å². The monoisotopic (exact) mass is 311 g/mol. The van der Waals surface area contributed by atoms with Crippen molar-refractivity contribution in [3.63, 3.8) is 0 Å². The first-order valence-corrected chi connectivity index (χ1v) is 7.82. The summed E-state index contributed by atoms with van der Waals surface area (Å²) in [7, 11) is 1.37. The quantitative estimate of drug-likeness (QED) is 0.632. The lowest BCUT2D eigenvalue weighted by Crippen LogP contribution is -2.43. The summed E-state index contributed by atoms with van der Waals surface area (Å²) in [6.07, 6.45) is 1.58. The first-order valence-electron chi connectivity index (χ1n) is 6.84. The Morgan fingerprint density at radius 3 is 2.76 bits per heavy atom. The molecule has 1 aliphatic rings. The molecule has 0 spiro atoms. The summed E-state index contributed by atoms with van der Waals surface area (Å²) in [5, 5.41) is 0. The van der Waals surface area contributed by atoms with E-state index in [-0.39, 0.29) is 23.6 Å². The number of carbonyl (C=O) groups excluding carboxylic acids is 2. The van der Waals surface area contributed by atoms with Gasteiger partial charge in [0, 0.05) is 18.0 Å². The highest BCUT2D eigenvalue weighted by atomic mass is 32.2. The predicted molar refractivity (Wildman–Crippen MR) is 78.4 cm³/mol. The van der Waals surface area contributed by atoms with E-state index in [1.807, 2.05) is 0 Å². The van der Waals surface area contributed by atoms with Gasteiger partial charge in [0.05, 0.1) is 18.8 Å². The summed E-state index contributed by atoms with van der Waals surface area (Å²) in [5.74, 6) is -0.470. The molecule has 0 aliphatic carbocycles. The van der Waals surface area contributed by atoms with Gasteiger partial charge in [-0.05, 0) is 37.1 Å². The zero-order valence-corrected chi connectivity index (χ0v) is 12.7. The number of ether oxygens (including phenoxy) is 1. The normalized spacial score (nSPS) is 18.4. The molecule has 1 atom stereocenters. The minimum absolute atomic E-state index is 0.00192. The Morgan fingerprint density at radius 1 is 1.38 bits per heavy atom. The maximum atomic E-state index is 12.8. The number of rotatable bonds is 4. The summed E-state index contributed by atoms with van der Waals surface area (Å²) in [5.41, 5.74) is 0. The van der Waals surface area contributed by atoms with Crippen molar-refractivity contribution >= 4 is 23.6 Å². The molecule has 6 heteroatoms. The van der Waals surface area contributed by atoms with Gasteiger partial charge in [-0.3, -0.25) is 9.59 Å². The van der Waals surface area contributed by atoms with Crippen LogP contribution in [0.25, 0.3) is 0 Å². The van der Waals surface area contributed by atoms with Gasteiger partial charge in [0.1, 0.15) is 5.82 Å². The van der Waals surface area contributed by atoms with Crippen molar-refractivity contribution in [2.75, 3.05) is 26.0 Å². The second-order valence-electron chi connectivity index (χ2n) is 4.94. The first-order chi connectivity index (χ1) is 10.1. The molecule has 4 nitrogen and oxygen atoms in total. The van der Waals surface area contributed by atoms with Crippen LogP contribution in [-0.2, 0) is 14.3 Å². The lowest BCUT2D eigenvalue weighted by molar-refractivity contribution is -0.148. The van der Waals surface area contributed by atoms with Crippen LogP contribution in [0.2, 0.25) is 0 Å². The molecule has 114 valence electrons. The molecule has 0 bridgehead atoms. The number of likely N-dealkylation sites (tertiary alicyclic amines) is 1. The average molecular weight is 311 g/mol. The summed E-state index contributed by atoms with van der Waals surface area (Å²) in [4.78, 5) is 26.3. The highest BCUT2D eigenvalue weighted by Gasteiger charge is 2.28. The van der Waals surface area contributed by atoms with E-state index in [4.69, 9.17) is 4.74 Å². The topological polar surface area (TPSA) is 46.6 Å². The molecular weight excluding hydrogens is 293 g/mol. The van der Waals surface area contributed by atoms with Gasteiger partial charge in [0.25, 0.3) is 0 Å². The van der Waals surface area contributed by atoms with Crippen molar-refractivity contribution in [3.05, 3.63) is 30.1 Å². The lowest BCUT2D eigenvalue weighted by Gasteiger charge is -2.31. The third-order valence-corrected chi connectivity index (χ3v) is 4.48. The number of halogens is 1. The van der Waals surface area contributed by atoms with Crippen LogP contribution in [0.3, 0.4) is 0 Å². The molecule has 0 aromatic heterocycles. The molecule has 1 fully saturated rings. The molecule has 1 unspecified atom stereocenters. The third-order valence-electron chi connectivity index (χ3n) is 3.48. The lowest BCUT2D eigenvalue weighted by atomic mass is 9.98. The van der Waals surface area contributed by atoms with Gasteiger partial charge in [-0.2, -0.15) is 0 Å². The van der Waals surface area contributed by atoms with Gasteiger partial charge in [-0.15, -0.1) is 11.8 Å². The van der Waals surface area contributed by atoms with Crippen LogP contribution in [-0.4, -0.2) is 42.7 Å². The Balaban J connectivity index is 1.85. The van der Waals surface area contributed by atoms with Gasteiger partial charge in [-0.1, -0.05) is 0 Å². The molecule has 1 aromatic carbocycles. The molecule has 1 aliphatic heterocycles. The fourth-order valence-electron chi connectivity index (χ4n) is 2.33. The molecule has 0 radical (unpaired) electrons. The SMILES string of the molecule is COC(=O)C1CCCN(C(=O)CSc2ccc(F)cc2)C1. The van der Waals surface area contributed by atoms with Gasteiger partial charge in [0.2, 0.25) is 5.91 Å². The van der Waals surface area contributed by atoms with Crippen molar-refractivity contribution in [3.8, 4) is 0 Å². The second kappa shape index (κ2) is 7.45.